The number of carbonyl (C=O) groups excluding carboxylic acids is 3. The predicted octanol–water partition coefficient (Wildman–Crippen LogP) is 2.94. The topological polar surface area (TPSA) is 125 Å². The second kappa shape index (κ2) is 8.94. The molecule has 2 aromatic rings. The zero-order chi connectivity index (χ0) is 23.7. The van der Waals surface area contributed by atoms with Gasteiger partial charge in [0.05, 0.1) is 16.1 Å². The van der Waals surface area contributed by atoms with Crippen LogP contribution in [0.25, 0.3) is 0 Å². The molecule has 0 atom stereocenters. The summed E-state index contributed by atoms with van der Waals surface area (Å²) in [6.45, 7) is 1.48. The van der Waals surface area contributed by atoms with Crippen LogP contribution in [-0.2, 0) is 0 Å². The third-order valence-corrected chi connectivity index (χ3v) is 5.91. The predicted molar refractivity (Wildman–Crippen MR) is 126 cm³/mol. The van der Waals surface area contributed by atoms with Gasteiger partial charge in [-0.2, -0.15) is 0 Å². The molecule has 11 heteroatoms. The molecule has 0 radical (unpaired) electrons. The van der Waals surface area contributed by atoms with E-state index in [2.05, 4.69) is 10.6 Å². The Morgan fingerprint density at radius 1 is 1.03 bits per heavy atom. The van der Waals surface area contributed by atoms with Crippen LogP contribution in [0, 0.1) is 10.1 Å². The van der Waals surface area contributed by atoms with Gasteiger partial charge in [-0.15, -0.1) is 0 Å². The minimum Gasteiger partial charge on any atom is -0.366 e. The van der Waals surface area contributed by atoms with Crippen molar-refractivity contribution in [1.29, 1.82) is 0 Å². The number of nitrogens with one attached hydrogen (secondary N) is 2. The first-order valence-corrected chi connectivity index (χ1v) is 10.8. The van der Waals surface area contributed by atoms with Crippen LogP contribution in [0.2, 0.25) is 0 Å². The number of carbonyl (C=O) groups is 3. The van der Waals surface area contributed by atoms with Crippen LogP contribution in [0.4, 0.5) is 17.1 Å². The molecule has 0 saturated carbocycles. The van der Waals surface area contributed by atoms with Crippen molar-refractivity contribution in [1.82, 2.24) is 10.2 Å². The quantitative estimate of drug-likeness (QED) is 0.304. The van der Waals surface area contributed by atoms with Gasteiger partial charge in [-0.1, -0.05) is 0 Å². The summed E-state index contributed by atoms with van der Waals surface area (Å²) in [7, 11) is 1.40. The van der Waals surface area contributed by atoms with E-state index in [1.165, 1.54) is 31.3 Å². The highest BCUT2D eigenvalue weighted by Crippen LogP contribution is 2.31. The van der Waals surface area contributed by atoms with Crippen molar-refractivity contribution in [2.24, 2.45) is 0 Å². The average molecular weight is 468 g/mol. The van der Waals surface area contributed by atoms with Crippen molar-refractivity contribution in [2.45, 2.75) is 19.3 Å². The highest BCUT2D eigenvalue weighted by Gasteiger charge is 2.32. The van der Waals surface area contributed by atoms with Gasteiger partial charge in [-0.05, 0) is 61.8 Å². The van der Waals surface area contributed by atoms with E-state index in [9.17, 15) is 24.5 Å². The fourth-order valence-corrected chi connectivity index (χ4v) is 4.20. The summed E-state index contributed by atoms with van der Waals surface area (Å²) in [6, 6.07) is 8.93. The summed E-state index contributed by atoms with van der Waals surface area (Å²) in [5.41, 5.74) is 1.42. The molecule has 0 aromatic heterocycles. The lowest BCUT2D eigenvalue weighted by Crippen LogP contribution is -2.34. The number of nitro groups is 1. The van der Waals surface area contributed by atoms with E-state index in [4.69, 9.17) is 12.2 Å². The molecule has 1 saturated heterocycles. The lowest BCUT2D eigenvalue weighted by atomic mass is 10.1. The van der Waals surface area contributed by atoms with Crippen LogP contribution in [0.15, 0.2) is 36.4 Å². The van der Waals surface area contributed by atoms with Crippen LogP contribution >= 0.6 is 12.2 Å². The van der Waals surface area contributed by atoms with Crippen molar-refractivity contribution in [3.8, 4) is 0 Å². The molecule has 0 aliphatic carbocycles. The van der Waals surface area contributed by atoms with Crippen molar-refractivity contribution < 1.29 is 19.3 Å². The molecule has 33 heavy (non-hydrogen) atoms. The van der Waals surface area contributed by atoms with Crippen LogP contribution in [0.3, 0.4) is 0 Å². The van der Waals surface area contributed by atoms with Gasteiger partial charge in [-0.3, -0.25) is 34.7 Å². The third kappa shape index (κ3) is 4.40. The number of amides is 3. The molecule has 2 heterocycles. The van der Waals surface area contributed by atoms with Gasteiger partial charge in [0.15, 0.2) is 5.11 Å². The van der Waals surface area contributed by atoms with Gasteiger partial charge in [0.1, 0.15) is 5.69 Å². The Morgan fingerprint density at radius 2 is 1.73 bits per heavy atom. The number of benzene rings is 2. The number of nitro benzene ring substituents is 1. The lowest BCUT2D eigenvalue weighted by molar-refractivity contribution is -0.384. The van der Waals surface area contributed by atoms with Gasteiger partial charge in [-0.25, -0.2) is 0 Å². The molecular weight excluding hydrogens is 446 g/mol. The van der Waals surface area contributed by atoms with E-state index in [1.807, 2.05) is 4.90 Å². The number of hydrogen-bond donors (Lipinski definition) is 2. The molecule has 4 rings (SSSR count). The molecule has 0 bridgehead atoms. The molecule has 0 spiro atoms. The van der Waals surface area contributed by atoms with Crippen molar-refractivity contribution >= 4 is 52.1 Å². The summed E-state index contributed by atoms with van der Waals surface area (Å²) in [5.74, 6) is -1.41. The number of thiocarbonyl (C=S) groups is 1. The van der Waals surface area contributed by atoms with E-state index in [0.717, 1.165) is 37.3 Å². The minimum atomic E-state index is -0.604. The van der Waals surface area contributed by atoms with Crippen molar-refractivity contribution in [3.05, 3.63) is 63.2 Å². The number of nitrogens with zero attached hydrogens (tertiary/aromatic N) is 3. The summed E-state index contributed by atoms with van der Waals surface area (Å²) < 4.78 is 0. The third-order valence-electron chi connectivity index (χ3n) is 5.71. The van der Waals surface area contributed by atoms with Crippen LogP contribution in [0.1, 0.15) is 50.3 Å². The Labute approximate surface area is 194 Å². The van der Waals surface area contributed by atoms with E-state index in [0.29, 0.717) is 16.9 Å². The molecule has 2 aliphatic rings. The van der Waals surface area contributed by atoms with E-state index < -0.39 is 16.7 Å². The molecule has 0 unspecified atom stereocenters. The maximum Gasteiger partial charge on any atom is 0.293 e. The summed E-state index contributed by atoms with van der Waals surface area (Å²) >= 11 is 5.18. The highest BCUT2D eigenvalue weighted by atomic mass is 32.1. The van der Waals surface area contributed by atoms with Crippen LogP contribution in [-0.4, -0.2) is 52.8 Å². The smallest absolute Gasteiger partial charge is 0.293 e. The molecule has 2 aliphatic heterocycles. The number of hydrogen-bond acceptors (Lipinski definition) is 7. The number of piperidine rings is 1. The van der Waals surface area contributed by atoms with E-state index >= 15 is 0 Å². The molecule has 170 valence electrons. The zero-order valence-corrected chi connectivity index (χ0v) is 18.6. The molecule has 2 N–H and O–H groups in total. The first-order valence-electron chi connectivity index (χ1n) is 10.4. The monoisotopic (exact) mass is 467 g/mol. The lowest BCUT2D eigenvalue weighted by Gasteiger charge is -2.28. The molecular formula is C22H21N5O5S. The van der Waals surface area contributed by atoms with E-state index in [-0.39, 0.29) is 27.8 Å². The van der Waals surface area contributed by atoms with Crippen molar-refractivity contribution in [3.63, 3.8) is 0 Å². The SMILES string of the molecule is CN1C(=O)c2ccc(NC(=S)NC(=O)c3ccc(N4CCCCC4)c([N+](=O)[O-])c3)cc2C1=O. The van der Waals surface area contributed by atoms with Gasteiger partial charge in [0, 0.05) is 37.5 Å². The maximum absolute atomic E-state index is 12.7. The van der Waals surface area contributed by atoms with Crippen LogP contribution < -0.4 is 15.5 Å². The van der Waals surface area contributed by atoms with Gasteiger partial charge in [0.25, 0.3) is 23.4 Å². The number of imide groups is 1. The second-order valence-corrected chi connectivity index (χ2v) is 8.25. The molecule has 2 aromatic carbocycles. The summed E-state index contributed by atoms with van der Waals surface area (Å²) in [5, 5.41) is 16.9. The molecule has 1 fully saturated rings. The van der Waals surface area contributed by atoms with Gasteiger partial charge >= 0.3 is 0 Å². The number of rotatable bonds is 4. The van der Waals surface area contributed by atoms with Gasteiger partial charge in [0.2, 0.25) is 0 Å². The Balaban J connectivity index is 1.47. The largest absolute Gasteiger partial charge is 0.366 e. The Morgan fingerprint density at radius 3 is 2.42 bits per heavy atom. The Hall–Kier alpha value is -3.86. The molecule has 3 amide bonds. The van der Waals surface area contributed by atoms with E-state index in [1.54, 1.807) is 12.1 Å². The normalized spacial score (nSPS) is 15.3. The minimum absolute atomic E-state index is 0.0483. The fourth-order valence-electron chi connectivity index (χ4n) is 3.99. The zero-order valence-electron chi connectivity index (χ0n) is 17.8. The van der Waals surface area contributed by atoms with Crippen LogP contribution in [0.5, 0.6) is 0 Å². The van der Waals surface area contributed by atoms with Crippen molar-refractivity contribution in [2.75, 3.05) is 30.4 Å². The summed E-state index contributed by atoms with van der Waals surface area (Å²) in [6.07, 6.45) is 3.04. The number of fused-ring (bicyclic) bond motifs is 1. The summed E-state index contributed by atoms with van der Waals surface area (Å²) in [4.78, 5) is 50.9. The first-order chi connectivity index (χ1) is 15.8. The average Bonchev–Trinajstić information content (AvgIpc) is 3.02. The highest BCUT2D eigenvalue weighted by molar-refractivity contribution is 7.80. The Kier molecular flexibility index (Phi) is 6.05. The van der Waals surface area contributed by atoms with Gasteiger partial charge < -0.3 is 10.2 Å². The number of anilines is 2. The maximum atomic E-state index is 12.7. The fraction of sp³-hybridized carbons (Fsp3) is 0.273. The first kappa shape index (κ1) is 22.3. The second-order valence-electron chi connectivity index (χ2n) is 7.85. The standard InChI is InChI=1S/C22H21N5O5S/c1-25-20(29)15-7-6-14(12-16(15)21(25)30)23-22(33)24-19(28)13-5-8-17(18(11-13)27(31)32)26-9-3-2-4-10-26/h5-8,11-12H,2-4,9-10H2,1H3,(H2,23,24,28,33). The molecule has 10 nitrogen and oxygen atoms in total. The Bertz CT molecular complexity index is 1190.